The average Bonchev–Trinajstić information content (AvgIpc) is 3.77. The molecular formula is C29H20FNO12S. The lowest BCUT2D eigenvalue weighted by Gasteiger charge is -2.19. The second-order valence-corrected chi connectivity index (χ2v) is 10.1. The van der Waals surface area contributed by atoms with Crippen molar-refractivity contribution < 1.29 is 61.5 Å². The third kappa shape index (κ3) is 4.86. The molecule has 0 saturated carbocycles. The van der Waals surface area contributed by atoms with Crippen LogP contribution in [0.4, 0.5) is 9.18 Å². The number of rotatable bonds is 7. The van der Waals surface area contributed by atoms with E-state index in [-0.39, 0.29) is 80.8 Å². The number of benzene rings is 3. The van der Waals surface area contributed by atoms with Crippen LogP contribution < -0.4 is 38.5 Å². The lowest BCUT2D eigenvalue weighted by Crippen LogP contribution is -2.17. The van der Waals surface area contributed by atoms with Crippen molar-refractivity contribution in [1.29, 1.82) is 0 Å². The Morgan fingerprint density at radius 3 is 1.89 bits per heavy atom. The Kier molecular flexibility index (Phi) is 7.38. The van der Waals surface area contributed by atoms with E-state index in [0.29, 0.717) is 11.8 Å². The Labute approximate surface area is 251 Å². The van der Waals surface area contributed by atoms with Crippen molar-refractivity contribution in [3.05, 3.63) is 57.7 Å². The number of hydrogen-bond donors (Lipinski definition) is 1. The number of thioether (sulfide) groups is 1. The molecule has 0 radical (unpaired) electrons. The summed E-state index contributed by atoms with van der Waals surface area (Å²) in [4.78, 5) is 50.2. The highest BCUT2D eigenvalue weighted by Gasteiger charge is 2.38. The Bertz CT molecular complexity index is 1800. The molecular weight excluding hydrogens is 605 g/mol. The first-order valence-electron chi connectivity index (χ1n) is 12.6. The number of nitrogens with one attached hydrogen (secondary N) is 1. The largest absolute Gasteiger partial charge is 0.493 e. The van der Waals surface area contributed by atoms with Gasteiger partial charge in [-0.25, -0.2) is 14.0 Å². The number of amides is 2. The molecule has 3 aliphatic rings. The van der Waals surface area contributed by atoms with E-state index in [0.717, 1.165) is 6.07 Å². The van der Waals surface area contributed by atoms with Crippen molar-refractivity contribution in [3.8, 4) is 51.4 Å². The van der Waals surface area contributed by atoms with Crippen LogP contribution in [0.3, 0.4) is 0 Å². The van der Waals surface area contributed by atoms with E-state index in [2.05, 4.69) is 5.32 Å². The number of halogens is 1. The van der Waals surface area contributed by atoms with Gasteiger partial charge >= 0.3 is 11.9 Å². The molecule has 226 valence electrons. The van der Waals surface area contributed by atoms with Crippen molar-refractivity contribution in [3.63, 3.8) is 0 Å². The van der Waals surface area contributed by atoms with E-state index in [1.54, 1.807) is 0 Å². The Morgan fingerprint density at radius 1 is 0.818 bits per heavy atom. The van der Waals surface area contributed by atoms with Crippen molar-refractivity contribution in [2.24, 2.45) is 0 Å². The van der Waals surface area contributed by atoms with E-state index >= 15 is 4.39 Å². The summed E-state index contributed by atoms with van der Waals surface area (Å²) < 4.78 is 59.1. The highest BCUT2D eigenvalue weighted by Crippen LogP contribution is 2.56. The van der Waals surface area contributed by atoms with Crippen LogP contribution >= 0.6 is 11.8 Å². The molecule has 0 unspecified atom stereocenters. The third-order valence-electron chi connectivity index (χ3n) is 6.63. The molecule has 3 heterocycles. The van der Waals surface area contributed by atoms with E-state index < -0.39 is 34.7 Å². The zero-order valence-corrected chi connectivity index (χ0v) is 23.9. The predicted octanol–water partition coefficient (Wildman–Crippen LogP) is 4.30. The minimum atomic E-state index is -1.06. The summed E-state index contributed by atoms with van der Waals surface area (Å²) in [6, 6.07) is 6.27. The fourth-order valence-corrected chi connectivity index (χ4v) is 5.41. The number of carbonyl (C=O) groups is 4. The standard InChI is InChI=1S/C29H20FNO12S/c1-36-17-8-13(27(33)38-3)20(24-22(17)39-10-41-24)21-14(9-18(37-2)23-25(21)42-11-40-23)28(34)43-16-5-4-12(6-15(16)30)7-19-26(32)31-29(35)44-19/h4-9H,10-11H2,1-3H3,(H,31,32,35)/b19-7-. The summed E-state index contributed by atoms with van der Waals surface area (Å²) in [6.07, 6.45) is 1.32. The molecule has 0 spiro atoms. The van der Waals surface area contributed by atoms with Crippen LogP contribution in [0.5, 0.6) is 40.2 Å². The van der Waals surface area contributed by atoms with Crippen LogP contribution in [0, 0.1) is 5.82 Å². The minimum absolute atomic E-state index is 0.00352. The molecule has 6 rings (SSSR count). The van der Waals surface area contributed by atoms with E-state index in [1.165, 1.54) is 51.7 Å². The molecule has 15 heteroatoms. The predicted molar refractivity (Wildman–Crippen MR) is 149 cm³/mol. The fraction of sp³-hybridized carbons (Fsp3) is 0.172. The highest BCUT2D eigenvalue weighted by molar-refractivity contribution is 8.18. The van der Waals surface area contributed by atoms with Crippen molar-refractivity contribution >= 4 is 40.9 Å². The van der Waals surface area contributed by atoms with Gasteiger partial charge in [-0.05, 0) is 47.7 Å². The molecule has 3 aromatic rings. The van der Waals surface area contributed by atoms with Gasteiger partial charge in [0.15, 0.2) is 34.6 Å². The first-order chi connectivity index (χ1) is 21.2. The quantitative estimate of drug-likeness (QED) is 0.226. The molecule has 3 aromatic carbocycles. The van der Waals surface area contributed by atoms with Gasteiger partial charge in [0.1, 0.15) is 0 Å². The van der Waals surface area contributed by atoms with Gasteiger partial charge in [0.25, 0.3) is 11.1 Å². The number of ether oxygens (including phenoxy) is 8. The zero-order chi connectivity index (χ0) is 31.1. The van der Waals surface area contributed by atoms with Crippen molar-refractivity contribution in [1.82, 2.24) is 5.32 Å². The maximum Gasteiger partial charge on any atom is 0.344 e. The van der Waals surface area contributed by atoms with Crippen molar-refractivity contribution in [2.45, 2.75) is 0 Å². The Balaban J connectivity index is 1.47. The zero-order valence-electron chi connectivity index (χ0n) is 23.1. The maximum atomic E-state index is 15.2. The summed E-state index contributed by atoms with van der Waals surface area (Å²) in [5, 5.41) is 1.57. The van der Waals surface area contributed by atoms with Crippen LogP contribution in [0.2, 0.25) is 0 Å². The number of methoxy groups -OCH3 is 3. The van der Waals surface area contributed by atoms with E-state index in [9.17, 15) is 19.2 Å². The van der Waals surface area contributed by atoms with Gasteiger partial charge in [0, 0.05) is 11.1 Å². The van der Waals surface area contributed by atoms with Crippen LogP contribution in [-0.2, 0) is 9.53 Å². The van der Waals surface area contributed by atoms with Gasteiger partial charge in [0.05, 0.1) is 37.4 Å². The number of carbonyl (C=O) groups excluding carboxylic acids is 4. The molecule has 13 nitrogen and oxygen atoms in total. The lowest BCUT2D eigenvalue weighted by molar-refractivity contribution is -0.115. The first kappa shape index (κ1) is 28.7. The second kappa shape index (κ2) is 11.3. The highest BCUT2D eigenvalue weighted by atomic mass is 32.2. The molecule has 1 fully saturated rings. The Morgan fingerprint density at radius 2 is 1.39 bits per heavy atom. The minimum Gasteiger partial charge on any atom is -0.493 e. The van der Waals surface area contributed by atoms with Crippen molar-refractivity contribution in [2.75, 3.05) is 34.9 Å². The normalized spacial score (nSPS) is 15.3. The van der Waals surface area contributed by atoms with E-state index in [1.807, 2.05) is 0 Å². The van der Waals surface area contributed by atoms with Crippen LogP contribution in [-0.4, -0.2) is 58.0 Å². The molecule has 0 aromatic heterocycles. The fourth-order valence-electron chi connectivity index (χ4n) is 4.72. The van der Waals surface area contributed by atoms with Gasteiger partial charge in [-0.1, -0.05) is 6.07 Å². The van der Waals surface area contributed by atoms with Crippen LogP contribution in [0.25, 0.3) is 17.2 Å². The van der Waals surface area contributed by atoms with Gasteiger partial charge in [-0.2, -0.15) is 0 Å². The van der Waals surface area contributed by atoms with E-state index in [4.69, 9.17) is 37.9 Å². The second-order valence-electron chi connectivity index (χ2n) is 9.06. The number of fused-ring (bicyclic) bond motifs is 2. The molecule has 1 saturated heterocycles. The molecule has 0 atom stereocenters. The summed E-state index contributed by atoms with van der Waals surface area (Å²) in [7, 11) is 3.89. The maximum absolute atomic E-state index is 15.2. The third-order valence-corrected chi connectivity index (χ3v) is 7.44. The molecule has 44 heavy (non-hydrogen) atoms. The smallest absolute Gasteiger partial charge is 0.344 e. The topological polar surface area (TPSA) is 154 Å². The summed E-state index contributed by atoms with van der Waals surface area (Å²) in [6.45, 7) is -0.463. The molecule has 3 aliphatic heterocycles. The summed E-state index contributed by atoms with van der Waals surface area (Å²) in [5.74, 6) is -3.22. The number of esters is 2. The summed E-state index contributed by atoms with van der Waals surface area (Å²) in [5.41, 5.74) is 0.0204. The number of hydrogen-bond acceptors (Lipinski definition) is 13. The van der Waals surface area contributed by atoms with Gasteiger partial charge in [0.2, 0.25) is 25.1 Å². The van der Waals surface area contributed by atoms with Crippen LogP contribution in [0.1, 0.15) is 26.3 Å². The Hall–Kier alpha value is -5.44. The lowest BCUT2D eigenvalue weighted by atomic mass is 9.91. The molecule has 2 amide bonds. The van der Waals surface area contributed by atoms with Gasteiger partial charge in [-0.3, -0.25) is 14.9 Å². The van der Waals surface area contributed by atoms with Crippen LogP contribution in [0.15, 0.2) is 35.2 Å². The first-order valence-corrected chi connectivity index (χ1v) is 13.4. The molecule has 0 bridgehead atoms. The summed E-state index contributed by atoms with van der Waals surface area (Å²) >= 11 is 0.674. The van der Waals surface area contributed by atoms with Gasteiger partial charge < -0.3 is 37.9 Å². The number of imide groups is 1. The average molecular weight is 626 g/mol. The molecule has 0 aliphatic carbocycles. The SMILES string of the molecule is COC(=O)c1cc(OC)c2c(c1-c1c(C(=O)Oc3ccc(/C=C4\SC(=O)NC4=O)cc3F)cc(OC)c3c1OCO3)OCO2. The molecule has 1 N–H and O–H groups in total. The monoisotopic (exact) mass is 625 g/mol. The van der Waals surface area contributed by atoms with Gasteiger partial charge in [-0.15, -0.1) is 0 Å².